The summed E-state index contributed by atoms with van der Waals surface area (Å²) in [7, 11) is 1.94. The molecule has 0 aromatic carbocycles. The summed E-state index contributed by atoms with van der Waals surface area (Å²) < 4.78 is 6.10. The summed E-state index contributed by atoms with van der Waals surface area (Å²) in [5.74, 6) is 0. The Balaban J connectivity index is 2.02. The summed E-state index contributed by atoms with van der Waals surface area (Å²) in [4.78, 5) is 1.25. The second-order valence-corrected chi connectivity index (χ2v) is 4.44. The van der Waals surface area contributed by atoms with Crippen LogP contribution >= 0.6 is 11.5 Å². The summed E-state index contributed by atoms with van der Waals surface area (Å²) >= 11 is 1.54. The molecule has 2 aromatic heterocycles. The molecule has 2 heterocycles. The van der Waals surface area contributed by atoms with E-state index in [9.17, 15) is 0 Å². The molecule has 1 N–H and O–H groups in total. The van der Waals surface area contributed by atoms with Crippen LogP contribution in [0.4, 0.5) is 5.69 Å². The topological polar surface area (TPSA) is 42.7 Å². The maximum absolute atomic E-state index is 4.24. The van der Waals surface area contributed by atoms with E-state index in [-0.39, 0.29) is 0 Å². The Hall–Kier alpha value is -1.36. The molecule has 15 heavy (non-hydrogen) atoms. The highest BCUT2D eigenvalue weighted by Gasteiger charge is 2.03. The number of hydrogen-bond acceptors (Lipinski definition) is 4. The Morgan fingerprint density at radius 3 is 2.80 bits per heavy atom. The first-order chi connectivity index (χ1) is 7.16. The van der Waals surface area contributed by atoms with Crippen molar-refractivity contribution in [1.29, 1.82) is 0 Å². The maximum atomic E-state index is 4.24. The Morgan fingerprint density at radius 2 is 2.27 bits per heavy atom. The molecule has 0 bridgehead atoms. The average molecular weight is 222 g/mol. The van der Waals surface area contributed by atoms with E-state index in [1.807, 2.05) is 31.8 Å². The van der Waals surface area contributed by atoms with Gasteiger partial charge in [-0.1, -0.05) is 0 Å². The van der Waals surface area contributed by atoms with Crippen molar-refractivity contribution >= 4 is 17.2 Å². The van der Waals surface area contributed by atoms with Gasteiger partial charge in [0.1, 0.15) is 0 Å². The average Bonchev–Trinajstić information content (AvgIpc) is 2.74. The summed E-state index contributed by atoms with van der Waals surface area (Å²) in [5, 5.41) is 7.53. The minimum atomic E-state index is 0.818. The van der Waals surface area contributed by atoms with Crippen molar-refractivity contribution in [3.05, 3.63) is 28.5 Å². The van der Waals surface area contributed by atoms with Gasteiger partial charge in [-0.15, -0.1) is 0 Å². The van der Waals surface area contributed by atoms with Crippen molar-refractivity contribution < 1.29 is 0 Å². The lowest BCUT2D eigenvalue weighted by Gasteiger charge is -2.02. The molecule has 0 radical (unpaired) electrons. The first-order valence-electron chi connectivity index (χ1n) is 4.81. The minimum Gasteiger partial charge on any atom is -0.377 e. The normalized spacial score (nSPS) is 10.6. The van der Waals surface area contributed by atoms with Gasteiger partial charge in [0.25, 0.3) is 0 Å². The van der Waals surface area contributed by atoms with Crippen molar-refractivity contribution in [2.24, 2.45) is 7.05 Å². The highest BCUT2D eigenvalue weighted by atomic mass is 32.1. The number of aromatic nitrogens is 3. The molecule has 2 rings (SSSR count). The van der Waals surface area contributed by atoms with E-state index in [0.717, 1.165) is 23.6 Å². The van der Waals surface area contributed by atoms with Gasteiger partial charge >= 0.3 is 0 Å². The molecule has 0 amide bonds. The van der Waals surface area contributed by atoms with Gasteiger partial charge in [0.05, 0.1) is 29.8 Å². The maximum Gasteiger partial charge on any atom is 0.0759 e. The van der Waals surface area contributed by atoms with Crippen molar-refractivity contribution in [2.45, 2.75) is 20.4 Å². The number of aryl methyl sites for hydroxylation is 2. The lowest BCUT2D eigenvalue weighted by atomic mass is 10.3. The van der Waals surface area contributed by atoms with E-state index in [1.54, 1.807) is 11.5 Å². The summed E-state index contributed by atoms with van der Waals surface area (Å²) in [5.41, 5.74) is 3.32. The van der Waals surface area contributed by atoms with Gasteiger partial charge in [-0.25, -0.2) is 0 Å². The summed E-state index contributed by atoms with van der Waals surface area (Å²) in [6, 6.07) is 2.10. The van der Waals surface area contributed by atoms with Gasteiger partial charge in [0.15, 0.2) is 0 Å². The lowest BCUT2D eigenvalue weighted by molar-refractivity contribution is 0.740. The molecular formula is C10H14N4S. The summed E-state index contributed by atoms with van der Waals surface area (Å²) in [6.45, 7) is 4.88. The molecule has 0 atom stereocenters. The number of anilines is 1. The van der Waals surface area contributed by atoms with E-state index in [2.05, 4.69) is 20.9 Å². The monoisotopic (exact) mass is 222 g/mol. The Bertz CT molecular complexity index is 458. The Morgan fingerprint density at radius 1 is 1.47 bits per heavy atom. The minimum absolute atomic E-state index is 0.818. The molecule has 2 aromatic rings. The fourth-order valence-corrected chi connectivity index (χ4v) is 2.03. The molecule has 0 aliphatic heterocycles. The first kappa shape index (κ1) is 10.2. The number of nitrogens with zero attached hydrogens (tertiary/aromatic N) is 3. The predicted octanol–water partition coefficient (Wildman–Crippen LogP) is 2.11. The number of rotatable bonds is 3. The Labute approximate surface area is 93.1 Å². The zero-order valence-electron chi connectivity index (χ0n) is 9.11. The van der Waals surface area contributed by atoms with Crippen LogP contribution in [0.3, 0.4) is 0 Å². The smallest absolute Gasteiger partial charge is 0.0759 e. The van der Waals surface area contributed by atoms with Gasteiger partial charge in [0, 0.05) is 11.9 Å². The lowest BCUT2D eigenvalue weighted by Crippen LogP contribution is -1.99. The molecule has 0 spiro atoms. The van der Waals surface area contributed by atoms with Gasteiger partial charge < -0.3 is 5.32 Å². The van der Waals surface area contributed by atoms with Crippen LogP contribution in [-0.4, -0.2) is 14.2 Å². The number of nitrogens with one attached hydrogen (secondary N) is 1. The van der Waals surface area contributed by atoms with Gasteiger partial charge in [-0.3, -0.25) is 4.68 Å². The van der Waals surface area contributed by atoms with E-state index >= 15 is 0 Å². The van der Waals surface area contributed by atoms with Crippen molar-refractivity contribution in [1.82, 2.24) is 14.2 Å². The fourth-order valence-electron chi connectivity index (χ4n) is 1.35. The van der Waals surface area contributed by atoms with Crippen LogP contribution in [0.1, 0.15) is 16.3 Å². The molecule has 0 saturated heterocycles. The predicted molar refractivity (Wildman–Crippen MR) is 62.1 cm³/mol. The van der Waals surface area contributed by atoms with E-state index in [4.69, 9.17) is 0 Å². The van der Waals surface area contributed by atoms with Crippen LogP contribution in [0.25, 0.3) is 0 Å². The van der Waals surface area contributed by atoms with Crippen molar-refractivity contribution in [2.75, 3.05) is 5.32 Å². The van der Waals surface area contributed by atoms with Crippen LogP contribution < -0.4 is 5.32 Å². The van der Waals surface area contributed by atoms with Crippen LogP contribution in [-0.2, 0) is 13.6 Å². The van der Waals surface area contributed by atoms with E-state index in [0.29, 0.717) is 0 Å². The first-order valence-corrected chi connectivity index (χ1v) is 5.59. The van der Waals surface area contributed by atoms with Crippen LogP contribution in [0.5, 0.6) is 0 Å². The molecule has 0 fully saturated rings. The number of hydrogen-bond donors (Lipinski definition) is 1. The molecule has 0 aliphatic rings. The highest BCUT2D eigenvalue weighted by Crippen LogP contribution is 2.15. The summed E-state index contributed by atoms with van der Waals surface area (Å²) in [6.07, 6.45) is 1.85. The van der Waals surface area contributed by atoms with Gasteiger partial charge in [0.2, 0.25) is 0 Å². The van der Waals surface area contributed by atoms with Gasteiger partial charge in [-0.2, -0.15) is 9.47 Å². The quantitative estimate of drug-likeness (QED) is 0.865. The van der Waals surface area contributed by atoms with E-state index < -0.39 is 0 Å². The Kier molecular flexibility index (Phi) is 2.73. The molecular weight excluding hydrogens is 208 g/mol. The third-order valence-corrected chi connectivity index (χ3v) is 3.24. The zero-order chi connectivity index (χ0) is 10.8. The fraction of sp³-hybridized carbons (Fsp3) is 0.400. The molecule has 4 nitrogen and oxygen atoms in total. The second kappa shape index (κ2) is 4.02. The largest absolute Gasteiger partial charge is 0.377 e. The molecule has 5 heteroatoms. The third-order valence-electron chi connectivity index (χ3n) is 2.37. The van der Waals surface area contributed by atoms with Crippen LogP contribution in [0, 0.1) is 13.8 Å². The van der Waals surface area contributed by atoms with Crippen LogP contribution in [0.15, 0.2) is 12.3 Å². The molecule has 80 valence electrons. The highest BCUT2D eigenvalue weighted by molar-refractivity contribution is 7.05. The molecule has 0 unspecified atom stereocenters. The molecule has 0 saturated carbocycles. The molecule has 0 aliphatic carbocycles. The SMILES string of the molecule is Cc1cc(CNc2cnn(C)c2C)sn1. The van der Waals surface area contributed by atoms with E-state index in [1.165, 1.54) is 4.88 Å². The van der Waals surface area contributed by atoms with Crippen molar-refractivity contribution in [3.63, 3.8) is 0 Å². The van der Waals surface area contributed by atoms with Crippen LogP contribution in [0.2, 0.25) is 0 Å². The zero-order valence-corrected chi connectivity index (χ0v) is 9.93. The second-order valence-electron chi connectivity index (χ2n) is 3.56. The van der Waals surface area contributed by atoms with Gasteiger partial charge in [-0.05, 0) is 31.4 Å². The third kappa shape index (κ3) is 2.18. The standard InChI is InChI=1S/C10H14N4S/c1-7-4-9(15-13-7)5-11-10-6-12-14(3)8(10)2/h4,6,11H,5H2,1-3H3. The van der Waals surface area contributed by atoms with Crippen molar-refractivity contribution in [3.8, 4) is 0 Å².